The first kappa shape index (κ1) is 22.4. The maximum absolute atomic E-state index is 13.4. The highest BCUT2D eigenvalue weighted by Gasteiger charge is 2.34. The van der Waals surface area contributed by atoms with Gasteiger partial charge in [-0.2, -0.15) is 0 Å². The predicted octanol–water partition coefficient (Wildman–Crippen LogP) is 3.09. The third kappa shape index (κ3) is 5.02. The summed E-state index contributed by atoms with van der Waals surface area (Å²) in [5.41, 5.74) is 2.64. The van der Waals surface area contributed by atoms with Crippen LogP contribution in [0.5, 0.6) is 0 Å². The molecule has 2 aromatic rings. The zero-order valence-electron chi connectivity index (χ0n) is 18.3. The highest BCUT2D eigenvalue weighted by molar-refractivity contribution is 5.91. The molecule has 1 aromatic heterocycles. The summed E-state index contributed by atoms with van der Waals surface area (Å²) in [6, 6.07) is 2.24. The zero-order chi connectivity index (χ0) is 23.5. The molecule has 1 saturated heterocycles. The minimum atomic E-state index is -0.750. The van der Waals surface area contributed by atoms with Crippen molar-refractivity contribution >= 4 is 17.5 Å². The molecule has 1 N–H and O–H groups in total. The van der Waals surface area contributed by atoms with Crippen molar-refractivity contribution in [3.05, 3.63) is 83.3 Å². The monoisotopic (exact) mass is 454 g/mol. The molecule has 1 aliphatic carbocycles. The summed E-state index contributed by atoms with van der Waals surface area (Å²) in [6.45, 7) is 2.32. The Bertz CT molecular complexity index is 1160. The fourth-order valence-corrected chi connectivity index (χ4v) is 4.02. The number of allylic oxidation sites excluding steroid dienone is 4. The standard InChI is InChI=1S/C24H24F2N4O3/c1-15-13-29(14-27-15)21-5-3-4-19(12-22(21)33-2)30-7-6-20(24(30)32)28-23(31)10-16-8-17(25)11-18(26)9-16/h3-4,8-9,11-14,20H,5-7,10H2,1-2H3,(H,28,31). The summed E-state index contributed by atoms with van der Waals surface area (Å²) < 4.78 is 34.2. The van der Waals surface area contributed by atoms with Crippen molar-refractivity contribution < 1.29 is 23.1 Å². The van der Waals surface area contributed by atoms with Gasteiger partial charge in [0.05, 0.1) is 31.2 Å². The van der Waals surface area contributed by atoms with Gasteiger partial charge in [-0.25, -0.2) is 13.8 Å². The topological polar surface area (TPSA) is 76.5 Å². The van der Waals surface area contributed by atoms with E-state index >= 15 is 0 Å². The van der Waals surface area contributed by atoms with Crippen LogP contribution in [0.3, 0.4) is 0 Å². The molecule has 2 heterocycles. The van der Waals surface area contributed by atoms with Crippen molar-refractivity contribution in [3.63, 3.8) is 0 Å². The number of aromatic nitrogens is 2. The summed E-state index contributed by atoms with van der Waals surface area (Å²) in [4.78, 5) is 31.3. The number of carbonyl (C=O) groups excluding carboxylic acids is 2. The van der Waals surface area contributed by atoms with E-state index < -0.39 is 23.6 Å². The molecule has 0 saturated carbocycles. The quantitative estimate of drug-likeness (QED) is 0.728. The molecule has 1 aromatic carbocycles. The summed E-state index contributed by atoms with van der Waals surface area (Å²) >= 11 is 0. The maximum atomic E-state index is 13.4. The number of ether oxygens (including phenoxy) is 1. The predicted molar refractivity (Wildman–Crippen MR) is 117 cm³/mol. The normalized spacial score (nSPS) is 18.4. The van der Waals surface area contributed by atoms with Crippen molar-refractivity contribution in [1.29, 1.82) is 0 Å². The van der Waals surface area contributed by atoms with Crippen molar-refractivity contribution in [2.24, 2.45) is 0 Å². The number of nitrogens with one attached hydrogen (secondary N) is 1. The van der Waals surface area contributed by atoms with Crippen LogP contribution in [0.2, 0.25) is 0 Å². The van der Waals surface area contributed by atoms with Crippen molar-refractivity contribution in [1.82, 2.24) is 19.8 Å². The minimum absolute atomic E-state index is 0.207. The molecule has 2 amide bonds. The van der Waals surface area contributed by atoms with E-state index in [-0.39, 0.29) is 17.9 Å². The fourth-order valence-electron chi connectivity index (χ4n) is 4.02. The number of likely N-dealkylation sites (tertiary alicyclic amines) is 1. The van der Waals surface area contributed by atoms with Gasteiger partial charge in [-0.05, 0) is 37.1 Å². The molecule has 1 fully saturated rings. The highest BCUT2D eigenvalue weighted by atomic mass is 19.1. The van der Waals surface area contributed by atoms with Crippen LogP contribution in [-0.4, -0.2) is 46.0 Å². The number of methoxy groups -OCH3 is 1. The van der Waals surface area contributed by atoms with Gasteiger partial charge in [0.1, 0.15) is 23.4 Å². The van der Waals surface area contributed by atoms with Crippen LogP contribution >= 0.6 is 0 Å². The lowest BCUT2D eigenvalue weighted by molar-refractivity contribution is -0.131. The molecule has 9 heteroatoms. The van der Waals surface area contributed by atoms with Crippen LogP contribution in [0.25, 0.3) is 5.70 Å². The number of aryl methyl sites for hydroxylation is 1. The van der Waals surface area contributed by atoms with Gasteiger partial charge >= 0.3 is 0 Å². The van der Waals surface area contributed by atoms with Crippen LogP contribution in [0.15, 0.2) is 60.4 Å². The van der Waals surface area contributed by atoms with Crippen LogP contribution in [0.4, 0.5) is 8.78 Å². The second-order valence-corrected chi connectivity index (χ2v) is 7.97. The first-order valence-electron chi connectivity index (χ1n) is 10.6. The summed E-state index contributed by atoms with van der Waals surface area (Å²) in [7, 11) is 1.57. The van der Waals surface area contributed by atoms with E-state index in [9.17, 15) is 18.4 Å². The molecule has 1 atom stereocenters. The number of amides is 2. The largest absolute Gasteiger partial charge is 0.495 e. The van der Waals surface area contributed by atoms with Gasteiger partial charge < -0.3 is 19.5 Å². The molecular weight excluding hydrogens is 430 g/mol. The zero-order valence-corrected chi connectivity index (χ0v) is 18.3. The summed E-state index contributed by atoms with van der Waals surface area (Å²) in [6.07, 6.45) is 10.0. The number of benzene rings is 1. The van der Waals surface area contributed by atoms with E-state index in [0.717, 1.165) is 29.6 Å². The van der Waals surface area contributed by atoms with E-state index in [4.69, 9.17) is 4.74 Å². The number of halogens is 2. The number of hydrogen-bond donors (Lipinski definition) is 1. The lowest BCUT2D eigenvalue weighted by Gasteiger charge is -2.19. The first-order valence-corrected chi connectivity index (χ1v) is 10.6. The SMILES string of the molecule is COC1=C(n2cnc(C)c2)CC=CC(N2CCC(NC(=O)Cc3cc(F)cc(F)c3)C2=O)=C1. The Labute approximate surface area is 190 Å². The molecule has 7 nitrogen and oxygen atoms in total. The van der Waals surface area contributed by atoms with Gasteiger partial charge in [-0.3, -0.25) is 9.59 Å². The Morgan fingerprint density at radius 3 is 2.70 bits per heavy atom. The van der Waals surface area contributed by atoms with E-state index in [1.165, 1.54) is 0 Å². The van der Waals surface area contributed by atoms with Crippen LogP contribution < -0.4 is 5.32 Å². The number of carbonyl (C=O) groups is 2. The number of nitrogens with zero attached hydrogens (tertiary/aromatic N) is 3. The molecule has 172 valence electrons. The smallest absolute Gasteiger partial charge is 0.249 e. The second-order valence-electron chi connectivity index (χ2n) is 7.97. The Morgan fingerprint density at radius 2 is 2.03 bits per heavy atom. The molecule has 1 unspecified atom stereocenters. The first-order chi connectivity index (χ1) is 15.8. The van der Waals surface area contributed by atoms with Gasteiger partial charge in [0.25, 0.3) is 0 Å². The van der Waals surface area contributed by atoms with Gasteiger partial charge in [0.2, 0.25) is 11.8 Å². The number of imidazole rings is 1. The molecule has 0 spiro atoms. The summed E-state index contributed by atoms with van der Waals surface area (Å²) in [5.74, 6) is -1.61. The molecule has 33 heavy (non-hydrogen) atoms. The Hall–Kier alpha value is -3.75. The number of hydrogen-bond acceptors (Lipinski definition) is 4. The number of rotatable bonds is 6. The Morgan fingerprint density at radius 1 is 1.27 bits per heavy atom. The van der Waals surface area contributed by atoms with E-state index in [1.54, 1.807) is 24.4 Å². The molecular formula is C24H24F2N4O3. The Balaban J connectivity index is 1.47. The van der Waals surface area contributed by atoms with Gasteiger partial charge in [-0.15, -0.1) is 0 Å². The van der Waals surface area contributed by atoms with Gasteiger partial charge in [0, 0.05) is 37.0 Å². The van der Waals surface area contributed by atoms with Crippen molar-refractivity contribution in [3.8, 4) is 0 Å². The lowest BCUT2D eigenvalue weighted by atomic mass is 10.1. The Kier molecular flexibility index (Phi) is 6.39. The van der Waals surface area contributed by atoms with Crippen LogP contribution in [0, 0.1) is 18.6 Å². The van der Waals surface area contributed by atoms with Crippen molar-refractivity contribution in [2.75, 3.05) is 13.7 Å². The third-order valence-corrected chi connectivity index (χ3v) is 5.55. The van der Waals surface area contributed by atoms with E-state index in [2.05, 4.69) is 10.3 Å². The molecule has 0 bridgehead atoms. The van der Waals surface area contributed by atoms with E-state index in [0.29, 0.717) is 30.8 Å². The molecule has 0 radical (unpaired) electrons. The molecule has 1 aliphatic heterocycles. The lowest BCUT2D eigenvalue weighted by Crippen LogP contribution is -2.41. The van der Waals surface area contributed by atoms with Gasteiger partial charge in [0.15, 0.2) is 0 Å². The maximum Gasteiger partial charge on any atom is 0.249 e. The average Bonchev–Trinajstić information content (AvgIpc) is 3.26. The average molecular weight is 454 g/mol. The highest BCUT2D eigenvalue weighted by Crippen LogP contribution is 2.27. The van der Waals surface area contributed by atoms with Crippen LogP contribution in [-0.2, 0) is 20.7 Å². The summed E-state index contributed by atoms with van der Waals surface area (Å²) in [5, 5.41) is 2.68. The second kappa shape index (κ2) is 9.40. The molecule has 4 rings (SSSR count). The minimum Gasteiger partial charge on any atom is -0.495 e. The van der Waals surface area contributed by atoms with E-state index in [1.807, 2.05) is 29.8 Å². The third-order valence-electron chi connectivity index (χ3n) is 5.55. The van der Waals surface area contributed by atoms with Crippen molar-refractivity contribution in [2.45, 2.75) is 32.2 Å². The molecule has 2 aliphatic rings. The van der Waals surface area contributed by atoms with Gasteiger partial charge in [-0.1, -0.05) is 6.08 Å². The fraction of sp³-hybridized carbons (Fsp3) is 0.292. The van der Waals surface area contributed by atoms with Crippen LogP contribution in [0.1, 0.15) is 24.1 Å².